The lowest BCUT2D eigenvalue weighted by molar-refractivity contribution is -0.223. The molecule has 1 aromatic rings. The molecule has 2 aliphatic carbocycles. The smallest absolute Gasteiger partial charge is 0.246 e. The van der Waals surface area contributed by atoms with Gasteiger partial charge in [0.15, 0.2) is 17.7 Å². The summed E-state index contributed by atoms with van der Waals surface area (Å²) >= 11 is 6.87. The number of carbonyl (C=O) groups is 2. The van der Waals surface area contributed by atoms with E-state index in [1.54, 1.807) is 0 Å². The third-order valence-electron chi connectivity index (χ3n) is 12.7. The first-order chi connectivity index (χ1) is 24.3. The van der Waals surface area contributed by atoms with E-state index in [1.165, 1.54) is 38.2 Å². The number of nitrogens with one attached hydrogen (secondary N) is 1. The second-order valence-corrected chi connectivity index (χ2v) is 16.0. The topological polar surface area (TPSA) is 101 Å². The Kier molecular flexibility index (Phi) is 11.3. The number of nitrogens with zero attached hydrogens (tertiary/aromatic N) is 5. The molecule has 0 radical (unpaired) electrons. The fourth-order valence-electron chi connectivity index (χ4n) is 10.0. The van der Waals surface area contributed by atoms with Crippen molar-refractivity contribution in [2.75, 3.05) is 39.8 Å². The van der Waals surface area contributed by atoms with Gasteiger partial charge in [-0.05, 0) is 69.3 Å². The monoisotopic (exact) mass is 706 g/mol. The number of benzene rings is 1. The number of amides is 1. The van der Waals surface area contributed by atoms with Gasteiger partial charge in [-0.15, -0.1) is 0 Å². The van der Waals surface area contributed by atoms with Crippen LogP contribution < -0.4 is 5.32 Å². The first-order valence-corrected chi connectivity index (χ1v) is 19.6. The van der Waals surface area contributed by atoms with Gasteiger partial charge in [0.05, 0.1) is 37.3 Å². The predicted octanol–water partition coefficient (Wildman–Crippen LogP) is 4.93. The van der Waals surface area contributed by atoms with Gasteiger partial charge in [-0.2, -0.15) is 5.26 Å². The maximum Gasteiger partial charge on any atom is 0.246 e. The third kappa shape index (κ3) is 7.04. The summed E-state index contributed by atoms with van der Waals surface area (Å²) in [5.41, 5.74) is 0.334. The Morgan fingerprint density at radius 3 is 2.62 bits per heavy atom. The minimum absolute atomic E-state index is 0.0218. The molecule has 0 aromatic heterocycles. The van der Waals surface area contributed by atoms with Crippen LogP contribution in [-0.4, -0.2) is 113 Å². The quantitative estimate of drug-likeness (QED) is 0.313. The molecule has 2 saturated carbocycles. The molecular formula is C39H55ClN6O4. The van der Waals surface area contributed by atoms with Gasteiger partial charge in [0, 0.05) is 44.1 Å². The molecule has 3 saturated heterocycles. The zero-order valence-corrected chi connectivity index (χ0v) is 30.4. The number of fused-ring (bicyclic) bond motifs is 2. The zero-order chi connectivity index (χ0) is 34.8. The summed E-state index contributed by atoms with van der Waals surface area (Å²) in [7, 11) is 2.18. The number of Topliss-reactive ketones (excluding diaryl/α,β-unsaturated/α-hetero) is 1. The summed E-state index contributed by atoms with van der Waals surface area (Å²) in [6, 6.07) is 10.3. The fourth-order valence-corrected chi connectivity index (χ4v) is 10.4. The van der Waals surface area contributed by atoms with E-state index in [9.17, 15) is 10.1 Å². The summed E-state index contributed by atoms with van der Waals surface area (Å²) in [5.74, 6) is -0.0876. The number of hydrogen-bond acceptors (Lipinski definition) is 9. The molecule has 1 N–H and O–H groups in total. The van der Waals surface area contributed by atoms with Crippen LogP contribution in [0.25, 0.3) is 0 Å². The molecule has 4 aliphatic heterocycles. The number of ether oxygens (including phenoxy) is 2. The Morgan fingerprint density at radius 2 is 1.88 bits per heavy atom. The van der Waals surface area contributed by atoms with E-state index in [0.29, 0.717) is 51.2 Å². The number of carbonyl (C=O) groups excluding carboxylic acids is 2. The van der Waals surface area contributed by atoms with Gasteiger partial charge in [-0.3, -0.25) is 19.8 Å². The molecule has 4 heterocycles. The Balaban J connectivity index is 1.25. The highest BCUT2D eigenvalue weighted by atomic mass is 35.5. The second-order valence-electron chi connectivity index (χ2n) is 15.6. The van der Waals surface area contributed by atoms with E-state index < -0.39 is 23.6 Å². The van der Waals surface area contributed by atoms with Gasteiger partial charge in [0.25, 0.3) is 0 Å². The highest BCUT2D eigenvalue weighted by Crippen LogP contribution is 2.48. The normalized spacial score (nSPS) is 36.3. The van der Waals surface area contributed by atoms with Crippen LogP contribution in [0.5, 0.6) is 0 Å². The summed E-state index contributed by atoms with van der Waals surface area (Å²) in [6.45, 7) is 7.13. The average Bonchev–Trinajstić information content (AvgIpc) is 3.52. The average molecular weight is 707 g/mol. The van der Waals surface area contributed by atoms with Crippen molar-refractivity contribution in [2.24, 2.45) is 5.92 Å². The van der Waals surface area contributed by atoms with Crippen LogP contribution in [0.15, 0.2) is 36.9 Å². The van der Waals surface area contributed by atoms with Crippen molar-refractivity contribution in [3.05, 3.63) is 48.0 Å². The largest absolute Gasteiger partial charge is 0.348 e. The molecular weight excluding hydrogens is 652 g/mol. The summed E-state index contributed by atoms with van der Waals surface area (Å²) < 4.78 is 13.6. The number of likely N-dealkylation sites (tertiary alicyclic amines) is 1. The van der Waals surface area contributed by atoms with Gasteiger partial charge >= 0.3 is 0 Å². The van der Waals surface area contributed by atoms with E-state index in [-0.39, 0.29) is 36.2 Å². The van der Waals surface area contributed by atoms with E-state index in [2.05, 4.69) is 45.8 Å². The van der Waals surface area contributed by atoms with Crippen LogP contribution in [0.2, 0.25) is 0 Å². The van der Waals surface area contributed by atoms with Gasteiger partial charge in [0.1, 0.15) is 5.60 Å². The Labute approximate surface area is 303 Å². The number of rotatable bonds is 7. The molecule has 6 aliphatic rings. The van der Waals surface area contributed by atoms with E-state index in [1.807, 2.05) is 23.1 Å². The first-order valence-electron chi connectivity index (χ1n) is 19.2. The highest BCUT2D eigenvalue weighted by molar-refractivity contribution is 6.20. The van der Waals surface area contributed by atoms with E-state index in [4.69, 9.17) is 21.1 Å². The highest BCUT2D eigenvalue weighted by Gasteiger charge is 2.59. The van der Waals surface area contributed by atoms with Gasteiger partial charge < -0.3 is 19.3 Å². The molecule has 10 nitrogen and oxygen atoms in total. The SMILES string of the molecule is C=CC(=O)N1CCN(C2C3CC[C@]4(Cc5ccccc5C(Cl)O4)C(=O)C3NC(OCC3CCCN3C)N2C2CCCCCCC2)CC1CC#N. The Hall–Kier alpha value is -2.36. The minimum atomic E-state index is -1.00. The number of halogens is 1. The van der Waals surface area contributed by atoms with Crippen molar-refractivity contribution >= 4 is 23.3 Å². The molecule has 1 amide bonds. The zero-order valence-electron chi connectivity index (χ0n) is 29.7. The standard InChI is InChI=1S/C39H55ClN6O4/c1-3-33(47)45-23-22-44(25-29(45)18-20-41)37-32-17-19-39(24-27-12-9-10-16-31(27)36(40)50-39)35(48)34(32)42-38(49-26-30-15-11-21-43(30)2)46(37)28-13-7-5-4-6-8-14-28/h3,9-10,12,16,28-30,32,34,36-38,42H,1,4-8,11,13-15,17-19,21-26H2,2H3/t29?,30?,32?,34?,36?,37?,38?,39-/m0/s1. The predicted molar refractivity (Wildman–Crippen MR) is 192 cm³/mol. The summed E-state index contributed by atoms with van der Waals surface area (Å²) in [6.07, 6.45) is 13.5. The summed E-state index contributed by atoms with van der Waals surface area (Å²) in [5, 5.41) is 13.7. The van der Waals surface area contributed by atoms with Crippen molar-refractivity contribution in [1.82, 2.24) is 24.9 Å². The van der Waals surface area contributed by atoms with E-state index in [0.717, 1.165) is 49.8 Å². The van der Waals surface area contributed by atoms with Gasteiger partial charge in [0.2, 0.25) is 5.91 Å². The van der Waals surface area contributed by atoms with Crippen LogP contribution in [0.3, 0.4) is 0 Å². The number of ketones is 1. The third-order valence-corrected chi connectivity index (χ3v) is 13.0. The molecule has 272 valence electrons. The second kappa shape index (κ2) is 15.7. The molecule has 11 heteroatoms. The number of hydrogen-bond donors (Lipinski definition) is 1. The van der Waals surface area contributed by atoms with Crippen molar-refractivity contribution in [1.29, 1.82) is 5.26 Å². The van der Waals surface area contributed by atoms with Crippen LogP contribution in [0.1, 0.15) is 93.7 Å². The van der Waals surface area contributed by atoms with E-state index >= 15 is 4.79 Å². The van der Waals surface area contributed by atoms with Crippen molar-refractivity contribution < 1.29 is 19.1 Å². The van der Waals surface area contributed by atoms with Crippen LogP contribution in [-0.2, 0) is 25.5 Å². The lowest BCUT2D eigenvalue weighted by Gasteiger charge is -2.60. The molecule has 0 bridgehead atoms. The molecule has 7 rings (SSSR count). The van der Waals surface area contributed by atoms with Crippen molar-refractivity contribution in [2.45, 2.75) is 131 Å². The molecule has 7 unspecified atom stereocenters. The van der Waals surface area contributed by atoms with Crippen LogP contribution >= 0.6 is 11.6 Å². The Morgan fingerprint density at radius 1 is 1.10 bits per heavy atom. The first kappa shape index (κ1) is 36.0. The van der Waals surface area contributed by atoms with Gasteiger partial charge in [-0.1, -0.05) is 74.5 Å². The maximum atomic E-state index is 15.1. The molecule has 50 heavy (non-hydrogen) atoms. The number of piperazine rings is 1. The fraction of sp³-hybridized carbons (Fsp3) is 0.718. The number of nitriles is 1. The maximum absolute atomic E-state index is 15.1. The minimum Gasteiger partial charge on any atom is -0.348 e. The van der Waals surface area contributed by atoms with Crippen molar-refractivity contribution in [3.63, 3.8) is 0 Å². The lowest BCUT2D eigenvalue weighted by atomic mass is 9.68. The van der Waals surface area contributed by atoms with Gasteiger partial charge in [-0.25, -0.2) is 4.90 Å². The molecule has 5 fully saturated rings. The number of likely N-dealkylation sites (N-methyl/N-ethyl adjacent to an activating group) is 1. The van der Waals surface area contributed by atoms with Crippen LogP contribution in [0, 0.1) is 17.2 Å². The number of alkyl halides is 1. The molecule has 8 atom stereocenters. The molecule has 1 spiro atoms. The lowest BCUT2D eigenvalue weighted by Crippen LogP contribution is -2.77. The van der Waals surface area contributed by atoms with Crippen molar-refractivity contribution in [3.8, 4) is 6.07 Å². The van der Waals surface area contributed by atoms with Crippen LogP contribution in [0.4, 0.5) is 0 Å². The Bertz CT molecular complexity index is 1430. The molecule has 1 aromatic carbocycles. The summed E-state index contributed by atoms with van der Waals surface area (Å²) in [4.78, 5) is 37.3.